The fourth-order valence-corrected chi connectivity index (χ4v) is 3.91. The van der Waals surface area contributed by atoms with Crippen LogP contribution in [0.5, 0.6) is 11.8 Å². The number of aromatic nitrogens is 3. The second-order valence-corrected chi connectivity index (χ2v) is 7.77. The average molecular weight is 441 g/mol. The number of halogens is 2. The Labute approximate surface area is 171 Å². The Balaban J connectivity index is 1.81. The van der Waals surface area contributed by atoms with E-state index in [1.54, 1.807) is 18.3 Å². The number of sulfonamides is 1. The Bertz CT molecular complexity index is 1080. The third-order valence-corrected chi connectivity index (χ3v) is 5.75. The lowest BCUT2D eigenvalue weighted by atomic mass is 10.4. The minimum Gasteiger partial charge on any atom is -0.478 e. The fourth-order valence-electron chi connectivity index (χ4n) is 2.14. The van der Waals surface area contributed by atoms with Crippen LogP contribution in [0.3, 0.4) is 0 Å². The zero-order valence-corrected chi connectivity index (χ0v) is 16.8. The summed E-state index contributed by atoms with van der Waals surface area (Å²) < 4.78 is 38.2. The van der Waals surface area contributed by atoms with E-state index in [0.29, 0.717) is 5.69 Å². The number of rotatable bonds is 7. The molecule has 3 aromatic rings. The van der Waals surface area contributed by atoms with Crippen molar-refractivity contribution in [1.29, 1.82) is 0 Å². The smallest absolute Gasteiger partial charge is 0.264 e. The minimum atomic E-state index is -4.07. The SMILES string of the molecule is COc1nc(OCc2ccccn2)cnc1NS(=O)(=O)c1cccc(Cl)c1Cl. The summed E-state index contributed by atoms with van der Waals surface area (Å²) in [5, 5.41) is 0.0137. The van der Waals surface area contributed by atoms with E-state index in [1.165, 1.54) is 31.5 Å². The molecule has 0 radical (unpaired) electrons. The molecule has 0 spiro atoms. The lowest BCUT2D eigenvalue weighted by Gasteiger charge is -2.12. The van der Waals surface area contributed by atoms with Crippen molar-refractivity contribution in [3.8, 4) is 11.8 Å². The van der Waals surface area contributed by atoms with Crippen molar-refractivity contribution in [3.63, 3.8) is 0 Å². The normalized spacial score (nSPS) is 11.1. The fraction of sp³-hybridized carbons (Fsp3) is 0.118. The van der Waals surface area contributed by atoms with Gasteiger partial charge in [-0.1, -0.05) is 35.3 Å². The number of pyridine rings is 1. The highest BCUT2D eigenvalue weighted by Crippen LogP contribution is 2.31. The highest BCUT2D eigenvalue weighted by molar-refractivity contribution is 7.92. The van der Waals surface area contributed by atoms with E-state index >= 15 is 0 Å². The second kappa shape index (κ2) is 8.59. The van der Waals surface area contributed by atoms with Gasteiger partial charge in [0.05, 0.1) is 29.0 Å². The van der Waals surface area contributed by atoms with Gasteiger partial charge in [-0.15, -0.1) is 0 Å². The van der Waals surface area contributed by atoms with Crippen LogP contribution in [0.15, 0.2) is 53.7 Å². The molecule has 146 valence electrons. The van der Waals surface area contributed by atoms with E-state index in [9.17, 15) is 8.42 Å². The Kier molecular flexibility index (Phi) is 6.18. The first kappa shape index (κ1) is 20.1. The van der Waals surface area contributed by atoms with Crippen LogP contribution in [-0.2, 0) is 16.6 Å². The summed E-state index contributed by atoms with van der Waals surface area (Å²) in [6.07, 6.45) is 2.91. The number of nitrogens with zero attached hydrogens (tertiary/aromatic N) is 3. The Morgan fingerprint density at radius 3 is 2.64 bits per heavy atom. The summed E-state index contributed by atoms with van der Waals surface area (Å²) in [6, 6.07) is 9.69. The molecular formula is C17H14Cl2N4O4S. The molecule has 0 saturated heterocycles. The molecule has 0 fully saturated rings. The Morgan fingerprint density at radius 1 is 1.11 bits per heavy atom. The summed E-state index contributed by atoms with van der Waals surface area (Å²) in [4.78, 5) is 12.1. The maximum absolute atomic E-state index is 12.6. The molecule has 0 bridgehead atoms. The van der Waals surface area contributed by atoms with Crippen LogP contribution in [0.2, 0.25) is 10.0 Å². The van der Waals surface area contributed by atoms with Gasteiger partial charge in [0.15, 0.2) is 0 Å². The van der Waals surface area contributed by atoms with Crippen LogP contribution in [0, 0.1) is 0 Å². The van der Waals surface area contributed by atoms with Crippen LogP contribution in [0.25, 0.3) is 0 Å². The second-order valence-electron chi connectivity index (χ2n) is 5.33. The zero-order valence-electron chi connectivity index (χ0n) is 14.5. The predicted octanol–water partition coefficient (Wildman–Crippen LogP) is 3.57. The number of benzene rings is 1. The van der Waals surface area contributed by atoms with Crippen molar-refractivity contribution in [2.75, 3.05) is 11.8 Å². The molecule has 2 heterocycles. The molecule has 0 aliphatic rings. The van der Waals surface area contributed by atoms with Gasteiger partial charge in [-0.05, 0) is 24.3 Å². The lowest BCUT2D eigenvalue weighted by molar-refractivity contribution is 0.281. The highest BCUT2D eigenvalue weighted by atomic mass is 35.5. The molecule has 1 N–H and O–H groups in total. The number of ether oxygens (including phenoxy) is 2. The predicted molar refractivity (Wildman–Crippen MR) is 104 cm³/mol. The zero-order chi connectivity index (χ0) is 20.1. The number of methoxy groups -OCH3 is 1. The number of hydrogen-bond donors (Lipinski definition) is 1. The molecule has 2 aromatic heterocycles. The van der Waals surface area contributed by atoms with Crippen LogP contribution in [0.1, 0.15) is 5.69 Å². The topological polar surface area (TPSA) is 103 Å². The monoisotopic (exact) mass is 440 g/mol. The van der Waals surface area contributed by atoms with Crippen LogP contribution < -0.4 is 14.2 Å². The summed E-state index contributed by atoms with van der Waals surface area (Å²) in [6.45, 7) is 0.169. The van der Waals surface area contributed by atoms with Gasteiger partial charge in [-0.25, -0.2) is 13.4 Å². The van der Waals surface area contributed by atoms with Crippen molar-refractivity contribution in [2.24, 2.45) is 0 Å². The molecule has 1 aromatic carbocycles. The summed E-state index contributed by atoms with van der Waals surface area (Å²) >= 11 is 11.9. The van der Waals surface area contributed by atoms with E-state index in [4.69, 9.17) is 32.7 Å². The molecule has 11 heteroatoms. The third-order valence-electron chi connectivity index (χ3n) is 3.44. The molecule has 0 unspecified atom stereocenters. The van der Waals surface area contributed by atoms with Gasteiger partial charge in [0.2, 0.25) is 11.7 Å². The molecule has 0 amide bonds. The standard InChI is InChI=1S/C17H14Cl2N4O4S/c1-26-17-16(23-28(24,25)13-7-4-6-12(18)15(13)19)21-9-14(22-17)27-10-11-5-2-3-8-20-11/h2-9H,10H2,1H3,(H,21,23). The van der Waals surface area contributed by atoms with Gasteiger partial charge in [0.1, 0.15) is 11.5 Å². The number of hydrogen-bond acceptors (Lipinski definition) is 7. The van der Waals surface area contributed by atoms with E-state index in [2.05, 4.69) is 19.7 Å². The van der Waals surface area contributed by atoms with E-state index in [-0.39, 0.29) is 39.1 Å². The maximum Gasteiger partial charge on any atom is 0.264 e. The van der Waals surface area contributed by atoms with Gasteiger partial charge in [-0.3, -0.25) is 9.71 Å². The van der Waals surface area contributed by atoms with Crippen molar-refractivity contribution in [1.82, 2.24) is 15.0 Å². The van der Waals surface area contributed by atoms with Gasteiger partial charge >= 0.3 is 0 Å². The average Bonchev–Trinajstić information content (AvgIpc) is 2.69. The lowest BCUT2D eigenvalue weighted by Crippen LogP contribution is -2.16. The van der Waals surface area contributed by atoms with E-state index in [1.807, 2.05) is 6.07 Å². The highest BCUT2D eigenvalue weighted by Gasteiger charge is 2.22. The molecule has 8 nitrogen and oxygen atoms in total. The maximum atomic E-state index is 12.6. The van der Waals surface area contributed by atoms with Gasteiger partial charge in [0, 0.05) is 6.20 Å². The molecular weight excluding hydrogens is 427 g/mol. The summed E-state index contributed by atoms with van der Waals surface area (Å²) in [5.74, 6) is -0.0461. The van der Waals surface area contributed by atoms with Crippen molar-refractivity contribution >= 4 is 39.0 Å². The van der Waals surface area contributed by atoms with Gasteiger partial charge < -0.3 is 9.47 Å². The molecule has 0 aliphatic heterocycles. The molecule has 0 aliphatic carbocycles. The largest absolute Gasteiger partial charge is 0.478 e. The summed E-state index contributed by atoms with van der Waals surface area (Å²) in [7, 11) is -2.74. The van der Waals surface area contributed by atoms with Crippen LogP contribution >= 0.6 is 23.2 Å². The molecule has 28 heavy (non-hydrogen) atoms. The first-order valence-electron chi connectivity index (χ1n) is 7.81. The van der Waals surface area contributed by atoms with Crippen molar-refractivity contribution in [3.05, 3.63) is 64.5 Å². The van der Waals surface area contributed by atoms with Crippen LogP contribution in [0.4, 0.5) is 5.82 Å². The van der Waals surface area contributed by atoms with Crippen LogP contribution in [-0.4, -0.2) is 30.5 Å². The Morgan fingerprint density at radius 2 is 1.93 bits per heavy atom. The Hall–Kier alpha value is -2.62. The minimum absolute atomic E-state index is 0.0692. The molecule has 3 rings (SSSR count). The van der Waals surface area contributed by atoms with E-state index < -0.39 is 10.0 Å². The number of nitrogens with one attached hydrogen (secondary N) is 1. The summed E-state index contributed by atoms with van der Waals surface area (Å²) in [5.41, 5.74) is 0.698. The first-order chi connectivity index (χ1) is 13.4. The third kappa shape index (κ3) is 4.61. The first-order valence-corrected chi connectivity index (χ1v) is 10.0. The van der Waals surface area contributed by atoms with Crippen molar-refractivity contribution in [2.45, 2.75) is 11.5 Å². The van der Waals surface area contributed by atoms with Gasteiger partial charge in [-0.2, -0.15) is 4.98 Å². The molecule has 0 atom stereocenters. The van der Waals surface area contributed by atoms with Crippen molar-refractivity contribution < 1.29 is 17.9 Å². The van der Waals surface area contributed by atoms with E-state index in [0.717, 1.165) is 0 Å². The number of anilines is 1. The van der Waals surface area contributed by atoms with Gasteiger partial charge in [0.25, 0.3) is 15.9 Å². The quantitative estimate of drug-likeness (QED) is 0.598. The molecule has 0 saturated carbocycles.